The van der Waals surface area contributed by atoms with Crippen molar-refractivity contribution < 1.29 is 14.3 Å². The molecule has 0 saturated carbocycles. The van der Waals surface area contributed by atoms with E-state index in [4.69, 9.17) is 9.47 Å². The van der Waals surface area contributed by atoms with Crippen LogP contribution in [0.2, 0.25) is 0 Å². The van der Waals surface area contributed by atoms with Crippen molar-refractivity contribution in [3.63, 3.8) is 0 Å². The van der Waals surface area contributed by atoms with Gasteiger partial charge in [0, 0.05) is 11.4 Å². The Balaban J connectivity index is 1.74. The number of carbonyl (C=O) groups excluding carboxylic acids is 1. The van der Waals surface area contributed by atoms with E-state index in [-0.39, 0.29) is 11.2 Å². The van der Waals surface area contributed by atoms with Gasteiger partial charge < -0.3 is 14.8 Å². The lowest BCUT2D eigenvalue weighted by atomic mass is 10.1. The second-order valence-electron chi connectivity index (χ2n) is 5.85. The highest BCUT2D eigenvalue weighted by molar-refractivity contribution is 8.00. The van der Waals surface area contributed by atoms with E-state index in [1.165, 1.54) is 5.56 Å². The summed E-state index contributed by atoms with van der Waals surface area (Å²) in [5.74, 6) is 2.42. The zero-order valence-electron chi connectivity index (χ0n) is 15.2. The number of benzene rings is 2. The molecule has 1 amide bonds. The molecule has 2 aromatic rings. The Morgan fingerprint density at radius 2 is 1.88 bits per heavy atom. The molecule has 0 aliphatic heterocycles. The van der Waals surface area contributed by atoms with Crippen LogP contribution in [0, 0.1) is 13.8 Å². The molecular weight excluding hydrogens is 334 g/mol. The molecule has 25 heavy (non-hydrogen) atoms. The van der Waals surface area contributed by atoms with Crippen LogP contribution in [0.1, 0.15) is 18.1 Å². The summed E-state index contributed by atoms with van der Waals surface area (Å²) in [5.41, 5.74) is 3.08. The van der Waals surface area contributed by atoms with E-state index in [1.54, 1.807) is 18.9 Å². The van der Waals surface area contributed by atoms with Gasteiger partial charge in [-0.05, 0) is 62.2 Å². The van der Waals surface area contributed by atoms with E-state index < -0.39 is 0 Å². The fourth-order valence-corrected chi connectivity index (χ4v) is 2.98. The number of methoxy groups -OCH3 is 1. The SMILES string of the molecule is COc1ccc(NC(=O)C(C)SCCOc2cc(C)ccc2C)cc1. The predicted molar refractivity (Wildman–Crippen MR) is 105 cm³/mol. The molecular formula is C20H25NO3S. The van der Waals surface area contributed by atoms with E-state index in [0.717, 1.165) is 28.5 Å². The van der Waals surface area contributed by atoms with Crippen LogP contribution in [0.5, 0.6) is 11.5 Å². The van der Waals surface area contributed by atoms with Crippen LogP contribution in [-0.2, 0) is 4.79 Å². The summed E-state index contributed by atoms with van der Waals surface area (Å²) < 4.78 is 10.9. The number of hydrogen-bond donors (Lipinski definition) is 1. The molecule has 0 spiro atoms. The summed E-state index contributed by atoms with van der Waals surface area (Å²) in [6.45, 7) is 6.57. The number of thioether (sulfide) groups is 1. The molecule has 1 N–H and O–H groups in total. The van der Waals surface area contributed by atoms with Gasteiger partial charge in [0.05, 0.1) is 19.0 Å². The van der Waals surface area contributed by atoms with Gasteiger partial charge >= 0.3 is 0 Å². The standard InChI is InChI=1S/C20H25NO3S/c1-14-5-6-15(2)19(13-14)24-11-12-25-16(3)20(22)21-17-7-9-18(23-4)10-8-17/h5-10,13,16H,11-12H2,1-4H3,(H,21,22). The van der Waals surface area contributed by atoms with Crippen LogP contribution < -0.4 is 14.8 Å². The smallest absolute Gasteiger partial charge is 0.237 e. The van der Waals surface area contributed by atoms with Crippen molar-refractivity contribution in [2.45, 2.75) is 26.0 Å². The zero-order chi connectivity index (χ0) is 18.2. The third-order valence-electron chi connectivity index (χ3n) is 3.78. The van der Waals surface area contributed by atoms with Gasteiger partial charge in [-0.25, -0.2) is 0 Å². The third kappa shape index (κ3) is 6.02. The van der Waals surface area contributed by atoms with Crippen LogP contribution in [0.15, 0.2) is 42.5 Å². The topological polar surface area (TPSA) is 47.6 Å². The molecule has 1 atom stereocenters. The minimum Gasteiger partial charge on any atom is -0.497 e. The molecule has 134 valence electrons. The summed E-state index contributed by atoms with van der Waals surface area (Å²) in [6, 6.07) is 13.5. The molecule has 2 rings (SSSR count). The average molecular weight is 359 g/mol. The van der Waals surface area contributed by atoms with E-state index in [9.17, 15) is 4.79 Å². The quantitative estimate of drug-likeness (QED) is 0.707. The van der Waals surface area contributed by atoms with Crippen molar-refractivity contribution in [2.75, 3.05) is 24.8 Å². The molecule has 0 saturated heterocycles. The summed E-state index contributed by atoms with van der Waals surface area (Å²) in [7, 11) is 1.62. The number of carbonyl (C=O) groups is 1. The van der Waals surface area contributed by atoms with Gasteiger partial charge in [0.25, 0.3) is 0 Å². The molecule has 0 aliphatic carbocycles. The van der Waals surface area contributed by atoms with Gasteiger partial charge in [0.2, 0.25) is 5.91 Å². The van der Waals surface area contributed by atoms with Crippen molar-refractivity contribution >= 4 is 23.4 Å². The van der Waals surface area contributed by atoms with Gasteiger partial charge in [-0.1, -0.05) is 12.1 Å². The normalized spacial score (nSPS) is 11.7. The molecule has 0 heterocycles. The van der Waals surface area contributed by atoms with Crippen LogP contribution >= 0.6 is 11.8 Å². The highest BCUT2D eigenvalue weighted by Crippen LogP contribution is 2.21. The number of ether oxygens (including phenoxy) is 2. The lowest BCUT2D eigenvalue weighted by Crippen LogP contribution is -2.23. The Labute approximate surface area is 153 Å². The molecule has 0 aliphatic rings. The van der Waals surface area contributed by atoms with Crippen molar-refractivity contribution in [1.82, 2.24) is 0 Å². The van der Waals surface area contributed by atoms with Crippen molar-refractivity contribution in [3.8, 4) is 11.5 Å². The Bertz CT molecular complexity index is 701. The summed E-state index contributed by atoms with van der Waals surface area (Å²) in [5, 5.41) is 2.76. The fourth-order valence-electron chi connectivity index (χ4n) is 2.23. The first-order chi connectivity index (χ1) is 12.0. The first-order valence-corrected chi connectivity index (χ1v) is 9.31. The molecule has 1 unspecified atom stereocenters. The molecule has 0 fully saturated rings. The summed E-state index contributed by atoms with van der Waals surface area (Å²) in [4.78, 5) is 12.2. The highest BCUT2D eigenvalue weighted by Gasteiger charge is 2.13. The number of amides is 1. The van der Waals surface area contributed by atoms with E-state index >= 15 is 0 Å². The largest absolute Gasteiger partial charge is 0.497 e. The first kappa shape index (κ1) is 19.2. The third-order valence-corrected chi connectivity index (χ3v) is 4.90. The van der Waals surface area contributed by atoms with E-state index in [1.807, 2.05) is 51.1 Å². The van der Waals surface area contributed by atoms with Crippen LogP contribution in [-0.4, -0.2) is 30.6 Å². The number of rotatable bonds is 8. The first-order valence-electron chi connectivity index (χ1n) is 8.26. The Morgan fingerprint density at radius 1 is 1.16 bits per heavy atom. The Hall–Kier alpha value is -2.14. The Kier molecular flexibility index (Phi) is 7.19. The lowest BCUT2D eigenvalue weighted by molar-refractivity contribution is -0.115. The fraction of sp³-hybridized carbons (Fsp3) is 0.350. The summed E-state index contributed by atoms with van der Waals surface area (Å²) >= 11 is 1.58. The molecule has 0 aromatic heterocycles. The van der Waals surface area contributed by atoms with Crippen LogP contribution in [0.25, 0.3) is 0 Å². The van der Waals surface area contributed by atoms with Gasteiger partial charge in [-0.2, -0.15) is 0 Å². The summed E-state index contributed by atoms with van der Waals surface area (Å²) in [6.07, 6.45) is 0. The zero-order valence-corrected chi connectivity index (χ0v) is 16.0. The Morgan fingerprint density at radius 3 is 2.56 bits per heavy atom. The minimum absolute atomic E-state index is 0.0121. The number of anilines is 1. The average Bonchev–Trinajstić information content (AvgIpc) is 2.61. The predicted octanol–water partition coefficient (Wildman–Crippen LogP) is 4.45. The van der Waals surface area contributed by atoms with Crippen molar-refractivity contribution in [1.29, 1.82) is 0 Å². The highest BCUT2D eigenvalue weighted by atomic mass is 32.2. The van der Waals surface area contributed by atoms with Crippen LogP contribution in [0.3, 0.4) is 0 Å². The number of nitrogens with one attached hydrogen (secondary N) is 1. The maximum atomic E-state index is 12.2. The second kappa shape index (κ2) is 9.37. The van der Waals surface area contributed by atoms with Crippen molar-refractivity contribution in [3.05, 3.63) is 53.6 Å². The van der Waals surface area contributed by atoms with Gasteiger partial charge in [0.15, 0.2) is 0 Å². The van der Waals surface area contributed by atoms with Gasteiger partial charge in [0.1, 0.15) is 11.5 Å². The maximum absolute atomic E-state index is 12.2. The minimum atomic E-state index is -0.149. The van der Waals surface area contributed by atoms with Crippen molar-refractivity contribution in [2.24, 2.45) is 0 Å². The monoisotopic (exact) mass is 359 g/mol. The van der Waals surface area contributed by atoms with Crippen LogP contribution in [0.4, 0.5) is 5.69 Å². The maximum Gasteiger partial charge on any atom is 0.237 e. The van der Waals surface area contributed by atoms with Gasteiger partial charge in [-0.3, -0.25) is 4.79 Å². The molecule has 4 nitrogen and oxygen atoms in total. The number of hydrogen-bond acceptors (Lipinski definition) is 4. The lowest BCUT2D eigenvalue weighted by Gasteiger charge is -2.13. The van der Waals surface area contributed by atoms with E-state index in [0.29, 0.717) is 6.61 Å². The molecule has 0 bridgehead atoms. The molecule has 5 heteroatoms. The van der Waals surface area contributed by atoms with Gasteiger partial charge in [-0.15, -0.1) is 11.8 Å². The molecule has 2 aromatic carbocycles. The number of aryl methyl sites for hydroxylation is 2. The van der Waals surface area contributed by atoms with E-state index in [2.05, 4.69) is 17.4 Å². The molecule has 0 radical (unpaired) electrons. The second-order valence-corrected chi connectivity index (χ2v) is 7.30.